The van der Waals surface area contributed by atoms with Crippen LogP contribution >= 0.6 is 12.2 Å². The molecular weight excluding hydrogens is 413 g/mol. The van der Waals surface area contributed by atoms with Crippen LogP contribution in [0.2, 0.25) is 0 Å². The van der Waals surface area contributed by atoms with Crippen LogP contribution in [-0.2, 0) is 0 Å². The lowest BCUT2D eigenvalue weighted by Crippen LogP contribution is -2.35. The van der Waals surface area contributed by atoms with E-state index in [0.717, 1.165) is 25.3 Å². The number of nitro groups is 1. The number of amides is 1. The Balaban J connectivity index is 2.26. The molecule has 0 spiro atoms. The molecule has 148 valence electrons. The molecule has 0 unspecified atom stereocenters. The molecule has 0 aliphatic carbocycles. The third kappa shape index (κ3) is 3.98. The molecule has 7 nitrogen and oxygen atoms in total. The molecule has 2 aromatic rings. The summed E-state index contributed by atoms with van der Waals surface area (Å²) in [7, 11) is 0.765. The third-order valence-corrected chi connectivity index (χ3v) is 3.49. The number of nitrogens with one attached hydrogen (secondary N) is 2. The van der Waals surface area contributed by atoms with Crippen molar-refractivity contribution in [2.75, 3.05) is 12.4 Å². The zero-order valence-electron chi connectivity index (χ0n) is 13.6. The molecule has 0 saturated carbocycles. The number of carbonyl (C=O) groups excluding carboxylic acids is 1. The normalized spacial score (nSPS) is 10.4. The van der Waals surface area contributed by atoms with E-state index in [4.69, 9.17) is 12.2 Å². The maximum atomic E-state index is 13.9. The summed E-state index contributed by atoms with van der Waals surface area (Å²) in [5, 5.41) is 14.0. The van der Waals surface area contributed by atoms with Crippen molar-refractivity contribution in [1.82, 2.24) is 5.32 Å². The molecular formula is C15H8F5N3O4S. The monoisotopic (exact) mass is 421 g/mol. The Hall–Kier alpha value is -3.35. The number of nitrogens with zero attached hydrogens (tertiary/aromatic N) is 1. The number of anilines is 1. The van der Waals surface area contributed by atoms with Crippen LogP contribution < -0.4 is 15.4 Å². The Morgan fingerprint density at radius 3 is 2.18 bits per heavy atom. The number of thiocarbonyl (C=S) groups is 1. The Bertz CT molecular complexity index is 973. The standard InChI is InChI=1S/C15H8F5N3O4S/c1-27-13-11(19)9(17)8(10(18)12(13)20)14(24)22-15(28)21-5-2-3-6(16)7(4-5)23(25)26/h2-4H,1H3,(H2,21,22,24,28). The van der Waals surface area contributed by atoms with Crippen LogP contribution in [0, 0.1) is 39.2 Å². The van der Waals surface area contributed by atoms with Crippen molar-refractivity contribution in [3.63, 3.8) is 0 Å². The highest BCUT2D eigenvalue weighted by Crippen LogP contribution is 2.29. The van der Waals surface area contributed by atoms with E-state index in [2.05, 4.69) is 10.1 Å². The van der Waals surface area contributed by atoms with Gasteiger partial charge in [0.2, 0.25) is 17.5 Å². The summed E-state index contributed by atoms with van der Waals surface area (Å²) in [5.74, 6) is -12.0. The molecule has 2 aromatic carbocycles. The zero-order valence-corrected chi connectivity index (χ0v) is 14.4. The van der Waals surface area contributed by atoms with E-state index in [0.29, 0.717) is 0 Å². The number of carbonyl (C=O) groups is 1. The van der Waals surface area contributed by atoms with Crippen LogP contribution in [0.15, 0.2) is 18.2 Å². The van der Waals surface area contributed by atoms with Crippen molar-refractivity contribution in [2.45, 2.75) is 0 Å². The predicted molar refractivity (Wildman–Crippen MR) is 89.6 cm³/mol. The number of hydrogen-bond donors (Lipinski definition) is 2. The highest BCUT2D eigenvalue weighted by molar-refractivity contribution is 7.80. The number of rotatable bonds is 4. The first-order valence-electron chi connectivity index (χ1n) is 7.04. The van der Waals surface area contributed by atoms with E-state index in [1.807, 2.05) is 0 Å². The first kappa shape index (κ1) is 21.0. The lowest BCUT2D eigenvalue weighted by Gasteiger charge is -2.12. The van der Waals surface area contributed by atoms with Gasteiger partial charge in [0.05, 0.1) is 12.0 Å². The van der Waals surface area contributed by atoms with E-state index >= 15 is 0 Å². The van der Waals surface area contributed by atoms with Gasteiger partial charge in [-0.1, -0.05) is 0 Å². The molecule has 0 radical (unpaired) electrons. The number of ether oxygens (including phenoxy) is 1. The van der Waals surface area contributed by atoms with Gasteiger partial charge in [0.25, 0.3) is 5.91 Å². The van der Waals surface area contributed by atoms with Gasteiger partial charge >= 0.3 is 5.69 Å². The summed E-state index contributed by atoms with van der Waals surface area (Å²) in [4.78, 5) is 21.6. The Kier molecular flexibility index (Phi) is 6.08. The topological polar surface area (TPSA) is 93.5 Å². The fraction of sp³-hybridized carbons (Fsp3) is 0.0667. The SMILES string of the molecule is COc1c(F)c(F)c(C(=O)NC(=S)Nc2ccc(F)c([N+](=O)[O-])c2)c(F)c1F. The Morgan fingerprint density at radius 2 is 1.68 bits per heavy atom. The lowest BCUT2D eigenvalue weighted by molar-refractivity contribution is -0.387. The Morgan fingerprint density at radius 1 is 1.11 bits per heavy atom. The fourth-order valence-corrected chi connectivity index (χ4v) is 2.26. The van der Waals surface area contributed by atoms with Crippen LogP contribution in [0.5, 0.6) is 5.75 Å². The van der Waals surface area contributed by atoms with E-state index in [9.17, 15) is 36.9 Å². The highest BCUT2D eigenvalue weighted by atomic mass is 32.1. The van der Waals surface area contributed by atoms with E-state index in [1.165, 1.54) is 0 Å². The minimum atomic E-state index is -2.02. The first-order chi connectivity index (χ1) is 13.1. The van der Waals surface area contributed by atoms with Crippen molar-refractivity contribution >= 4 is 34.6 Å². The molecule has 0 saturated heterocycles. The number of halogens is 5. The molecule has 2 N–H and O–H groups in total. The summed E-state index contributed by atoms with van der Waals surface area (Å²) in [6.07, 6.45) is 0. The Labute approximate surface area is 158 Å². The second-order valence-electron chi connectivity index (χ2n) is 5.00. The molecule has 0 atom stereocenters. The molecule has 0 aliphatic rings. The van der Waals surface area contributed by atoms with Gasteiger partial charge in [-0.05, 0) is 24.4 Å². The first-order valence-corrected chi connectivity index (χ1v) is 7.45. The average molecular weight is 421 g/mol. The molecule has 0 aromatic heterocycles. The predicted octanol–water partition coefficient (Wildman–Crippen LogP) is 3.43. The van der Waals surface area contributed by atoms with Gasteiger partial charge in [-0.15, -0.1) is 0 Å². The van der Waals surface area contributed by atoms with Gasteiger partial charge < -0.3 is 10.1 Å². The summed E-state index contributed by atoms with van der Waals surface area (Å²) < 4.78 is 72.6. The summed E-state index contributed by atoms with van der Waals surface area (Å²) >= 11 is 4.69. The second kappa shape index (κ2) is 8.12. The van der Waals surface area contributed by atoms with Gasteiger partial charge in [0.1, 0.15) is 5.56 Å². The second-order valence-corrected chi connectivity index (χ2v) is 5.40. The van der Waals surface area contributed by atoms with Crippen LogP contribution in [0.25, 0.3) is 0 Å². The summed E-state index contributed by atoms with van der Waals surface area (Å²) in [5.41, 5.74) is -2.66. The average Bonchev–Trinajstić information content (AvgIpc) is 2.62. The van der Waals surface area contributed by atoms with Crippen LogP contribution in [-0.4, -0.2) is 23.1 Å². The minimum absolute atomic E-state index is 0.147. The van der Waals surface area contributed by atoms with Gasteiger partial charge in [-0.25, -0.2) is 8.78 Å². The molecule has 13 heteroatoms. The van der Waals surface area contributed by atoms with Crippen molar-refractivity contribution in [1.29, 1.82) is 0 Å². The smallest absolute Gasteiger partial charge is 0.306 e. The van der Waals surface area contributed by atoms with E-state index in [1.54, 1.807) is 5.32 Å². The maximum Gasteiger partial charge on any atom is 0.306 e. The lowest BCUT2D eigenvalue weighted by atomic mass is 10.1. The maximum absolute atomic E-state index is 13.9. The van der Waals surface area contributed by atoms with Crippen molar-refractivity contribution < 1.29 is 36.4 Å². The summed E-state index contributed by atoms with van der Waals surface area (Å²) in [6.45, 7) is 0. The fourth-order valence-electron chi connectivity index (χ4n) is 2.05. The van der Waals surface area contributed by atoms with Crippen LogP contribution in [0.3, 0.4) is 0 Å². The van der Waals surface area contributed by atoms with Crippen molar-refractivity contribution in [2.24, 2.45) is 0 Å². The van der Waals surface area contributed by atoms with Crippen molar-refractivity contribution in [3.8, 4) is 5.75 Å². The molecule has 28 heavy (non-hydrogen) atoms. The summed E-state index contributed by atoms with van der Waals surface area (Å²) in [6, 6.07) is 2.49. The van der Waals surface area contributed by atoms with E-state index < -0.39 is 62.0 Å². The van der Waals surface area contributed by atoms with Gasteiger partial charge in [0, 0.05) is 11.8 Å². The van der Waals surface area contributed by atoms with Crippen molar-refractivity contribution in [3.05, 3.63) is 63.0 Å². The van der Waals surface area contributed by atoms with Gasteiger partial charge in [-0.2, -0.15) is 13.2 Å². The molecule has 0 fully saturated rings. The number of nitro benzene ring substituents is 1. The molecule has 2 rings (SSSR count). The van der Waals surface area contributed by atoms with Crippen LogP contribution in [0.4, 0.5) is 33.3 Å². The third-order valence-electron chi connectivity index (χ3n) is 3.28. The molecule has 1 amide bonds. The zero-order chi connectivity index (χ0) is 21.2. The number of methoxy groups -OCH3 is 1. The molecule has 0 heterocycles. The van der Waals surface area contributed by atoms with E-state index in [-0.39, 0.29) is 5.69 Å². The van der Waals surface area contributed by atoms with Gasteiger partial charge in [0.15, 0.2) is 22.5 Å². The molecule has 0 aliphatic heterocycles. The number of hydrogen-bond acceptors (Lipinski definition) is 5. The number of benzene rings is 2. The minimum Gasteiger partial charge on any atom is -0.491 e. The van der Waals surface area contributed by atoms with Gasteiger partial charge in [-0.3, -0.25) is 20.2 Å². The quantitative estimate of drug-likeness (QED) is 0.258. The highest BCUT2D eigenvalue weighted by Gasteiger charge is 2.30. The van der Waals surface area contributed by atoms with Crippen LogP contribution in [0.1, 0.15) is 10.4 Å². The molecule has 0 bridgehead atoms. The largest absolute Gasteiger partial charge is 0.491 e.